The van der Waals surface area contributed by atoms with E-state index in [9.17, 15) is 4.79 Å². The van der Waals surface area contributed by atoms with Gasteiger partial charge >= 0.3 is 5.97 Å². The Morgan fingerprint density at radius 3 is 2.56 bits per heavy atom. The first-order valence-corrected chi connectivity index (χ1v) is 13.9. The molecule has 0 radical (unpaired) electrons. The van der Waals surface area contributed by atoms with E-state index in [0.717, 1.165) is 65.5 Å². The van der Waals surface area contributed by atoms with Crippen molar-refractivity contribution in [2.75, 3.05) is 39.8 Å². The third kappa shape index (κ3) is 5.51. The number of hydrogen-bond acceptors (Lipinski definition) is 7. The van der Waals surface area contributed by atoms with Crippen LogP contribution in [0.1, 0.15) is 47.5 Å². The normalized spacial score (nSPS) is 16.3. The minimum Gasteiger partial charge on any atom is -0.465 e. The van der Waals surface area contributed by atoms with Gasteiger partial charge in [0, 0.05) is 25.1 Å². The zero-order valence-corrected chi connectivity index (χ0v) is 22.4. The molecule has 6 rings (SSSR count). The lowest BCUT2D eigenvalue weighted by Crippen LogP contribution is -2.31. The van der Waals surface area contributed by atoms with Crippen LogP contribution in [0.4, 0.5) is 0 Å². The van der Waals surface area contributed by atoms with Gasteiger partial charge in [-0.25, -0.2) is 4.79 Å². The quantitative estimate of drug-likeness (QED) is 0.310. The van der Waals surface area contributed by atoms with Crippen molar-refractivity contribution in [2.24, 2.45) is 0 Å². The van der Waals surface area contributed by atoms with Crippen LogP contribution in [0.5, 0.6) is 0 Å². The number of methoxy groups -OCH3 is 1. The van der Waals surface area contributed by atoms with Crippen LogP contribution in [0, 0.1) is 0 Å². The summed E-state index contributed by atoms with van der Waals surface area (Å²) in [5.74, 6) is 1.02. The molecule has 7 heteroatoms. The number of nitrogens with one attached hydrogen (secondary N) is 1. The summed E-state index contributed by atoms with van der Waals surface area (Å²) in [6, 6.07) is 18.6. The number of carbonyl (C=O) groups excluding carboxylic acids is 1. The Morgan fingerprint density at radius 2 is 1.79 bits per heavy atom. The van der Waals surface area contributed by atoms with Gasteiger partial charge in [-0.2, -0.15) is 4.98 Å². The number of hydrogen-bond donors (Lipinski definition) is 1. The molecule has 1 aromatic heterocycles. The number of piperidine rings is 1. The van der Waals surface area contributed by atoms with E-state index in [1.54, 1.807) is 0 Å². The highest BCUT2D eigenvalue weighted by Crippen LogP contribution is 2.34. The zero-order valence-electron chi connectivity index (χ0n) is 22.4. The molecule has 200 valence electrons. The van der Waals surface area contributed by atoms with Crippen LogP contribution in [0.3, 0.4) is 0 Å². The summed E-state index contributed by atoms with van der Waals surface area (Å²) in [4.78, 5) is 19.7. The number of benzene rings is 3. The molecule has 39 heavy (non-hydrogen) atoms. The topological polar surface area (TPSA) is 80.5 Å². The van der Waals surface area contributed by atoms with Gasteiger partial charge in [-0.1, -0.05) is 60.1 Å². The summed E-state index contributed by atoms with van der Waals surface area (Å²) in [7, 11) is 1.44. The summed E-state index contributed by atoms with van der Waals surface area (Å²) in [6.45, 7) is 5.00. The van der Waals surface area contributed by atoms with Gasteiger partial charge in [0.15, 0.2) is 0 Å². The molecule has 1 N–H and O–H groups in total. The van der Waals surface area contributed by atoms with Crippen molar-refractivity contribution in [2.45, 2.75) is 32.1 Å². The molecule has 0 spiro atoms. The molecule has 0 amide bonds. The number of fused-ring (bicyclic) bond motifs is 1. The van der Waals surface area contributed by atoms with Crippen LogP contribution in [0.15, 0.2) is 65.2 Å². The Balaban J connectivity index is 1.23. The van der Waals surface area contributed by atoms with Gasteiger partial charge in [-0.3, -0.25) is 0 Å². The van der Waals surface area contributed by atoms with Gasteiger partial charge in [0.05, 0.1) is 12.7 Å². The molecule has 1 fully saturated rings. The highest BCUT2D eigenvalue weighted by atomic mass is 16.5. The van der Waals surface area contributed by atoms with E-state index in [2.05, 4.69) is 56.8 Å². The molecule has 0 bridgehead atoms. The number of carbonyl (C=O) groups is 1. The number of likely N-dealkylation sites (tertiary alicyclic amines) is 1. The van der Waals surface area contributed by atoms with Gasteiger partial charge in [0.25, 0.3) is 0 Å². The van der Waals surface area contributed by atoms with E-state index >= 15 is 0 Å². The molecule has 0 saturated carbocycles. The molecule has 2 aliphatic rings. The van der Waals surface area contributed by atoms with Gasteiger partial charge in [0.2, 0.25) is 11.7 Å². The fourth-order valence-electron chi connectivity index (χ4n) is 5.71. The highest BCUT2D eigenvalue weighted by Gasteiger charge is 2.20. The number of ether oxygens (including phenoxy) is 1. The third-order valence-electron chi connectivity index (χ3n) is 7.85. The lowest BCUT2D eigenvalue weighted by molar-refractivity contribution is 0.0600. The first-order chi connectivity index (χ1) is 19.2. The summed E-state index contributed by atoms with van der Waals surface area (Å²) < 4.78 is 10.6. The highest BCUT2D eigenvalue weighted by molar-refractivity contribution is 6.06. The predicted octanol–water partition coefficient (Wildman–Crippen LogP) is 5.75. The average molecular weight is 523 g/mol. The van der Waals surface area contributed by atoms with Gasteiger partial charge < -0.3 is 19.5 Å². The Bertz CT molecular complexity index is 1500. The fourth-order valence-corrected chi connectivity index (χ4v) is 5.71. The number of aromatic nitrogens is 2. The zero-order chi connectivity index (χ0) is 26.6. The van der Waals surface area contributed by atoms with Crippen molar-refractivity contribution in [1.82, 2.24) is 20.4 Å². The van der Waals surface area contributed by atoms with E-state index in [-0.39, 0.29) is 5.97 Å². The lowest BCUT2D eigenvalue weighted by atomic mass is 9.89. The van der Waals surface area contributed by atoms with Crippen LogP contribution in [0.25, 0.3) is 38.9 Å². The standard InChI is InChI=1S/C32H34N4O3/c1-38-32(37)28-12-10-26-21-25(9-11-27(26)30(28)23-13-16-33-17-14-23)22-5-7-24(8-6-22)31-34-29(39-35-31)15-20-36-18-3-2-4-19-36/h5-13,21,33H,2-4,14-20H2,1H3. The minimum absolute atomic E-state index is 0.304. The largest absolute Gasteiger partial charge is 0.465 e. The second kappa shape index (κ2) is 11.5. The summed E-state index contributed by atoms with van der Waals surface area (Å²) in [5.41, 5.74) is 5.94. The Hall–Kier alpha value is -3.81. The first-order valence-electron chi connectivity index (χ1n) is 13.9. The van der Waals surface area contributed by atoms with E-state index in [1.807, 2.05) is 24.3 Å². The maximum absolute atomic E-state index is 12.6. The van der Waals surface area contributed by atoms with Gasteiger partial charge in [-0.05, 0) is 84.1 Å². The van der Waals surface area contributed by atoms with Crippen LogP contribution >= 0.6 is 0 Å². The van der Waals surface area contributed by atoms with Gasteiger partial charge in [0.1, 0.15) is 0 Å². The van der Waals surface area contributed by atoms with Crippen molar-refractivity contribution >= 4 is 22.3 Å². The summed E-state index contributed by atoms with van der Waals surface area (Å²) in [6.07, 6.45) is 7.74. The first kappa shape index (κ1) is 25.5. The maximum atomic E-state index is 12.6. The lowest BCUT2D eigenvalue weighted by Gasteiger charge is -2.25. The van der Waals surface area contributed by atoms with Crippen LogP contribution < -0.4 is 5.32 Å². The Kier molecular flexibility index (Phi) is 7.52. The SMILES string of the molecule is COC(=O)c1ccc2cc(-c3ccc(-c4noc(CCN5CCCCC5)n4)cc3)ccc2c1C1=CCNCC1. The molecular formula is C32H34N4O3. The number of esters is 1. The number of nitrogens with zero attached hydrogens (tertiary/aromatic N) is 3. The van der Waals surface area contributed by atoms with Crippen molar-refractivity contribution in [3.8, 4) is 22.5 Å². The molecule has 0 unspecified atom stereocenters. The second-order valence-electron chi connectivity index (χ2n) is 10.3. The van der Waals surface area contributed by atoms with Crippen molar-refractivity contribution in [1.29, 1.82) is 0 Å². The molecule has 0 aliphatic carbocycles. The van der Waals surface area contributed by atoms with Gasteiger partial charge in [-0.15, -0.1) is 0 Å². The number of rotatable bonds is 7. The van der Waals surface area contributed by atoms with E-state index in [4.69, 9.17) is 9.26 Å². The van der Waals surface area contributed by atoms with E-state index < -0.39 is 0 Å². The van der Waals surface area contributed by atoms with Crippen LogP contribution in [-0.4, -0.2) is 60.8 Å². The van der Waals surface area contributed by atoms with E-state index in [1.165, 1.54) is 45.0 Å². The molecular weight excluding hydrogens is 488 g/mol. The van der Waals surface area contributed by atoms with Crippen molar-refractivity contribution < 1.29 is 14.1 Å². The third-order valence-corrected chi connectivity index (χ3v) is 7.85. The van der Waals surface area contributed by atoms with Crippen LogP contribution in [0.2, 0.25) is 0 Å². The molecule has 3 heterocycles. The minimum atomic E-state index is -0.304. The van der Waals surface area contributed by atoms with Crippen molar-refractivity contribution in [3.63, 3.8) is 0 Å². The van der Waals surface area contributed by atoms with Crippen molar-refractivity contribution in [3.05, 3.63) is 77.7 Å². The second-order valence-corrected chi connectivity index (χ2v) is 10.3. The fraction of sp³-hybridized carbons (Fsp3) is 0.344. The van der Waals surface area contributed by atoms with E-state index in [0.29, 0.717) is 17.3 Å². The monoisotopic (exact) mass is 522 g/mol. The molecule has 1 saturated heterocycles. The average Bonchev–Trinajstić information content (AvgIpc) is 3.49. The summed E-state index contributed by atoms with van der Waals surface area (Å²) in [5, 5.41) is 9.74. The maximum Gasteiger partial charge on any atom is 0.338 e. The molecule has 3 aromatic carbocycles. The smallest absolute Gasteiger partial charge is 0.338 e. The Labute approximate surface area is 228 Å². The molecule has 4 aromatic rings. The van der Waals surface area contributed by atoms with Crippen LogP contribution in [-0.2, 0) is 11.2 Å². The Morgan fingerprint density at radius 1 is 1.00 bits per heavy atom. The summed E-state index contributed by atoms with van der Waals surface area (Å²) >= 11 is 0. The molecule has 0 atom stereocenters. The molecule has 2 aliphatic heterocycles. The molecule has 7 nitrogen and oxygen atoms in total. The predicted molar refractivity (Wildman–Crippen MR) is 153 cm³/mol.